The van der Waals surface area contributed by atoms with E-state index < -0.39 is 0 Å². The number of carbonyl (C=O) groups excluding carboxylic acids is 2. The summed E-state index contributed by atoms with van der Waals surface area (Å²) in [7, 11) is 1.84. The molecule has 104 valence electrons. The first-order chi connectivity index (χ1) is 8.63. The van der Waals surface area contributed by atoms with Crippen LogP contribution < -0.4 is 0 Å². The smallest absolute Gasteiger partial charge is 0.306 e. The lowest BCUT2D eigenvalue weighted by molar-refractivity contribution is -0.145. The van der Waals surface area contributed by atoms with E-state index >= 15 is 0 Å². The molecule has 0 aromatic rings. The number of rotatable bonds is 6. The third kappa shape index (κ3) is 5.52. The van der Waals surface area contributed by atoms with Gasteiger partial charge < -0.3 is 9.64 Å². The van der Waals surface area contributed by atoms with Crippen LogP contribution in [0.1, 0.15) is 51.9 Å². The van der Waals surface area contributed by atoms with Gasteiger partial charge in [0, 0.05) is 20.0 Å². The maximum atomic E-state index is 11.8. The zero-order chi connectivity index (χ0) is 13.4. The van der Waals surface area contributed by atoms with E-state index in [1.54, 1.807) is 11.8 Å². The van der Waals surface area contributed by atoms with Gasteiger partial charge in [-0.05, 0) is 25.7 Å². The molecule has 0 radical (unpaired) electrons. The number of hydrogen-bond donors (Lipinski definition) is 0. The molecule has 1 aliphatic carbocycles. The highest BCUT2D eigenvalue weighted by Gasteiger charge is 2.18. The quantitative estimate of drug-likeness (QED) is 0.685. The first-order valence-electron chi connectivity index (χ1n) is 7.03. The molecule has 0 bridgehead atoms. The number of hydrogen-bond acceptors (Lipinski definition) is 3. The summed E-state index contributed by atoms with van der Waals surface area (Å²) in [5.74, 6) is 0.417. The molecule has 18 heavy (non-hydrogen) atoms. The lowest BCUT2D eigenvalue weighted by atomic mass is 9.89. The molecule has 0 heterocycles. The summed E-state index contributed by atoms with van der Waals surface area (Å²) < 4.78 is 4.81. The largest absolute Gasteiger partial charge is 0.466 e. The molecule has 1 aliphatic rings. The van der Waals surface area contributed by atoms with E-state index in [-0.39, 0.29) is 24.7 Å². The second kappa shape index (κ2) is 8.11. The molecule has 1 saturated carbocycles. The highest BCUT2D eigenvalue weighted by atomic mass is 16.5. The predicted octanol–water partition coefficient (Wildman–Crippen LogP) is 2.37. The van der Waals surface area contributed by atoms with E-state index in [0.29, 0.717) is 12.5 Å². The van der Waals surface area contributed by atoms with E-state index in [2.05, 4.69) is 0 Å². The SMILES string of the molecule is CCOC(=O)CCC(=O)N(C)CC1CCCCC1. The Hall–Kier alpha value is -1.06. The first-order valence-corrected chi connectivity index (χ1v) is 7.03. The predicted molar refractivity (Wildman–Crippen MR) is 70.1 cm³/mol. The Bertz CT molecular complexity index is 272. The van der Waals surface area contributed by atoms with Gasteiger partial charge in [-0.2, -0.15) is 0 Å². The van der Waals surface area contributed by atoms with Gasteiger partial charge in [0.15, 0.2) is 0 Å². The van der Waals surface area contributed by atoms with Crippen LogP contribution in [0.15, 0.2) is 0 Å². The van der Waals surface area contributed by atoms with Gasteiger partial charge in [-0.1, -0.05) is 19.3 Å². The molecule has 0 aromatic heterocycles. The summed E-state index contributed by atoms with van der Waals surface area (Å²) in [5, 5.41) is 0. The normalized spacial score (nSPS) is 16.3. The van der Waals surface area contributed by atoms with Crippen LogP contribution in [-0.4, -0.2) is 37.0 Å². The minimum Gasteiger partial charge on any atom is -0.466 e. The van der Waals surface area contributed by atoms with Crippen molar-refractivity contribution in [2.45, 2.75) is 51.9 Å². The number of carbonyl (C=O) groups is 2. The molecule has 0 unspecified atom stereocenters. The topological polar surface area (TPSA) is 46.6 Å². The maximum absolute atomic E-state index is 11.8. The maximum Gasteiger partial charge on any atom is 0.306 e. The summed E-state index contributed by atoms with van der Waals surface area (Å²) >= 11 is 0. The summed E-state index contributed by atoms with van der Waals surface area (Å²) in [5.41, 5.74) is 0. The number of ether oxygens (including phenoxy) is 1. The van der Waals surface area contributed by atoms with E-state index in [4.69, 9.17) is 4.74 Å². The fraction of sp³-hybridized carbons (Fsp3) is 0.857. The molecule has 0 aliphatic heterocycles. The summed E-state index contributed by atoms with van der Waals surface area (Å²) in [6.07, 6.45) is 6.83. The number of amides is 1. The molecular formula is C14H25NO3. The van der Waals surface area contributed by atoms with Crippen molar-refractivity contribution in [1.82, 2.24) is 4.90 Å². The standard InChI is InChI=1S/C14H25NO3/c1-3-18-14(17)10-9-13(16)15(2)11-12-7-5-4-6-8-12/h12H,3-11H2,1-2H3. The van der Waals surface area contributed by atoms with Crippen molar-refractivity contribution in [3.8, 4) is 0 Å². The summed E-state index contributed by atoms with van der Waals surface area (Å²) in [6.45, 7) is 2.99. The highest BCUT2D eigenvalue weighted by molar-refractivity contribution is 5.81. The molecule has 0 N–H and O–H groups in total. The van der Waals surface area contributed by atoms with Crippen molar-refractivity contribution < 1.29 is 14.3 Å². The minimum absolute atomic E-state index is 0.0497. The first kappa shape index (κ1) is 15.0. The Morgan fingerprint density at radius 3 is 2.44 bits per heavy atom. The van der Waals surface area contributed by atoms with Crippen LogP contribution in [0.2, 0.25) is 0 Å². The third-order valence-corrected chi connectivity index (χ3v) is 3.53. The lowest BCUT2D eigenvalue weighted by Crippen LogP contribution is -2.32. The Kier molecular flexibility index (Phi) is 6.76. The van der Waals surface area contributed by atoms with Crippen molar-refractivity contribution in [2.75, 3.05) is 20.2 Å². The van der Waals surface area contributed by atoms with Crippen LogP contribution in [0, 0.1) is 5.92 Å². The van der Waals surface area contributed by atoms with Crippen LogP contribution in [0.3, 0.4) is 0 Å². The Balaban J connectivity index is 2.21. The summed E-state index contributed by atoms with van der Waals surface area (Å²) in [6, 6.07) is 0. The highest BCUT2D eigenvalue weighted by Crippen LogP contribution is 2.24. The van der Waals surface area contributed by atoms with Crippen molar-refractivity contribution >= 4 is 11.9 Å². The van der Waals surface area contributed by atoms with Gasteiger partial charge in [-0.3, -0.25) is 9.59 Å². The van der Waals surface area contributed by atoms with Crippen molar-refractivity contribution in [1.29, 1.82) is 0 Å². The van der Waals surface area contributed by atoms with Crippen molar-refractivity contribution in [2.24, 2.45) is 5.92 Å². The van der Waals surface area contributed by atoms with Gasteiger partial charge in [-0.25, -0.2) is 0 Å². The number of nitrogens with zero attached hydrogens (tertiary/aromatic N) is 1. The molecule has 0 atom stereocenters. The molecule has 0 spiro atoms. The van der Waals surface area contributed by atoms with Crippen LogP contribution >= 0.6 is 0 Å². The average molecular weight is 255 g/mol. The molecule has 0 saturated heterocycles. The van der Waals surface area contributed by atoms with Crippen LogP contribution in [0.4, 0.5) is 0 Å². The molecule has 0 aromatic carbocycles. The van der Waals surface area contributed by atoms with E-state index in [1.807, 2.05) is 7.05 Å². The molecule has 1 rings (SSSR count). The molecular weight excluding hydrogens is 230 g/mol. The Morgan fingerprint density at radius 1 is 1.17 bits per heavy atom. The van der Waals surface area contributed by atoms with E-state index in [0.717, 1.165) is 6.54 Å². The van der Waals surface area contributed by atoms with Gasteiger partial charge in [0.2, 0.25) is 5.91 Å². The van der Waals surface area contributed by atoms with Crippen LogP contribution in [0.5, 0.6) is 0 Å². The van der Waals surface area contributed by atoms with Gasteiger partial charge in [-0.15, -0.1) is 0 Å². The van der Waals surface area contributed by atoms with Crippen LogP contribution in [-0.2, 0) is 14.3 Å². The second-order valence-corrected chi connectivity index (χ2v) is 5.08. The van der Waals surface area contributed by atoms with Gasteiger partial charge in [0.25, 0.3) is 0 Å². The second-order valence-electron chi connectivity index (χ2n) is 5.08. The third-order valence-electron chi connectivity index (χ3n) is 3.53. The number of esters is 1. The van der Waals surface area contributed by atoms with Crippen molar-refractivity contribution in [3.63, 3.8) is 0 Å². The van der Waals surface area contributed by atoms with Gasteiger partial charge >= 0.3 is 5.97 Å². The van der Waals surface area contributed by atoms with Gasteiger partial charge in [0.05, 0.1) is 13.0 Å². The zero-order valence-electron chi connectivity index (χ0n) is 11.6. The van der Waals surface area contributed by atoms with Crippen molar-refractivity contribution in [3.05, 3.63) is 0 Å². The molecule has 4 nitrogen and oxygen atoms in total. The average Bonchev–Trinajstić information content (AvgIpc) is 2.37. The van der Waals surface area contributed by atoms with E-state index in [9.17, 15) is 9.59 Å². The van der Waals surface area contributed by atoms with Crippen LogP contribution in [0.25, 0.3) is 0 Å². The molecule has 1 fully saturated rings. The Morgan fingerprint density at radius 2 is 1.83 bits per heavy atom. The summed E-state index contributed by atoms with van der Waals surface area (Å²) in [4.78, 5) is 24.8. The molecule has 4 heteroatoms. The fourth-order valence-electron chi connectivity index (χ4n) is 2.49. The lowest BCUT2D eigenvalue weighted by Gasteiger charge is -2.27. The fourth-order valence-corrected chi connectivity index (χ4v) is 2.49. The monoisotopic (exact) mass is 255 g/mol. The minimum atomic E-state index is -0.281. The molecule has 1 amide bonds. The zero-order valence-corrected chi connectivity index (χ0v) is 11.6. The van der Waals surface area contributed by atoms with Gasteiger partial charge in [0.1, 0.15) is 0 Å². The van der Waals surface area contributed by atoms with E-state index in [1.165, 1.54) is 32.1 Å². The Labute approximate surface area is 110 Å².